The number of hydrogen-bond donors (Lipinski definition) is 1. The van der Waals surface area contributed by atoms with E-state index in [4.69, 9.17) is 9.47 Å². The fraction of sp³-hybridized carbons (Fsp3) is 0.615. The molecule has 0 fully saturated rings. The summed E-state index contributed by atoms with van der Waals surface area (Å²) in [6.45, 7) is 6.03. The average molecular weight is 362 g/mol. The summed E-state index contributed by atoms with van der Waals surface area (Å²) < 4.78 is 32.4. The summed E-state index contributed by atoms with van der Waals surface area (Å²) in [5, 5.41) is 4.07. The fourth-order valence-corrected chi connectivity index (χ4v) is 2.62. The zero-order chi connectivity index (χ0) is 17.7. The molecule has 130 valence electrons. The Bertz CT molecular complexity index is 634. The topological polar surface area (TPSA) is 103 Å². The van der Waals surface area contributed by atoms with Gasteiger partial charge in [-0.3, -0.25) is 0 Å². The molecule has 0 amide bonds. The van der Waals surface area contributed by atoms with Crippen molar-refractivity contribution in [3.63, 3.8) is 0 Å². The summed E-state index contributed by atoms with van der Waals surface area (Å²) in [4.78, 5) is 10.6. The minimum Gasteiger partial charge on any atom is -0.481 e. The monoisotopic (exact) mass is 362 g/mol. The molecular formula is C13H22N4O4S2. The fourth-order valence-electron chi connectivity index (χ4n) is 1.38. The van der Waals surface area contributed by atoms with E-state index in [1.54, 1.807) is 6.07 Å². The molecule has 0 spiro atoms. The molecule has 1 heterocycles. The SMILES string of the molecule is COc1cc(OC)nc(SC(/C=N/NS(C)(=O)=O)C(C)(C)C)n1. The molecule has 0 aromatic carbocycles. The summed E-state index contributed by atoms with van der Waals surface area (Å²) in [5.41, 5.74) is -0.201. The number of aromatic nitrogens is 2. The van der Waals surface area contributed by atoms with Crippen LogP contribution in [0.2, 0.25) is 0 Å². The number of methoxy groups -OCH3 is 2. The first-order valence-electron chi connectivity index (χ1n) is 6.69. The second kappa shape index (κ2) is 7.82. The van der Waals surface area contributed by atoms with Crippen LogP contribution in [-0.4, -0.2) is 50.3 Å². The Morgan fingerprint density at radius 1 is 1.26 bits per heavy atom. The third-order valence-corrected chi connectivity index (χ3v) is 4.50. The molecule has 1 atom stereocenters. The van der Waals surface area contributed by atoms with Crippen LogP contribution in [0.5, 0.6) is 11.8 Å². The van der Waals surface area contributed by atoms with Crippen LogP contribution >= 0.6 is 11.8 Å². The molecule has 1 aromatic rings. The number of rotatable bonds is 7. The lowest BCUT2D eigenvalue weighted by Gasteiger charge is -2.26. The maximum atomic E-state index is 11.1. The molecular weight excluding hydrogens is 340 g/mol. The standard InChI is InChI=1S/C13H22N4O4S2/c1-13(2,3)9(8-14-17-23(6,18)19)22-12-15-10(20-4)7-11(16-12)21-5/h7-9,17H,1-6H3/b14-8+. The van der Waals surface area contributed by atoms with Crippen LogP contribution < -0.4 is 14.3 Å². The number of nitrogens with one attached hydrogen (secondary N) is 1. The van der Waals surface area contributed by atoms with E-state index in [2.05, 4.69) is 19.9 Å². The van der Waals surface area contributed by atoms with Crippen molar-refractivity contribution in [1.29, 1.82) is 0 Å². The molecule has 0 radical (unpaired) electrons. The van der Waals surface area contributed by atoms with Gasteiger partial charge in [-0.25, -0.2) is 13.2 Å². The van der Waals surface area contributed by atoms with Gasteiger partial charge in [0.2, 0.25) is 21.8 Å². The van der Waals surface area contributed by atoms with Crippen molar-refractivity contribution in [3.05, 3.63) is 6.07 Å². The van der Waals surface area contributed by atoms with Crippen LogP contribution in [0.1, 0.15) is 20.8 Å². The molecule has 0 aliphatic carbocycles. The molecule has 1 aromatic heterocycles. The molecule has 8 nitrogen and oxygen atoms in total. The van der Waals surface area contributed by atoms with E-state index >= 15 is 0 Å². The van der Waals surface area contributed by atoms with E-state index in [-0.39, 0.29) is 10.7 Å². The van der Waals surface area contributed by atoms with Gasteiger partial charge in [-0.2, -0.15) is 15.1 Å². The Balaban J connectivity index is 3.02. The maximum Gasteiger partial charge on any atom is 0.244 e. The van der Waals surface area contributed by atoms with E-state index in [1.165, 1.54) is 32.2 Å². The van der Waals surface area contributed by atoms with Crippen LogP contribution in [0.4, 0.5) is 0 Å². The maximum absolute atomic E-state index is 11.1. The van der Waals surface area contributed by atoms with E-state index < -0.39 is 10.0 Å². The Morgan fingerprint density at radius 3 is 2.17 bits per heavy atom. The molecule has 0 aliphatic heterocycles. The zero-order valence-corrected chi connectivity index (χ0v) is 15.7. The summed E-state index contributed by atoms with van der Waals surface area (Å²) in [5.74, 6) is 0.774. The van der Waals surface area contributed by atoms with E-state index in [9.17, 15) is 8.42 Å². The molecule has 1 unspecified atom stereocenters. The number of hydrogen-bond acceptors (Lipinski definition) is 8. The lowest BCUT2D eigenvalue weighted by molar-refractivity contribution is 0.364. The predicted molar refractivity (Wildman–Crippen MR) is 90.7 cm³/mol. The van der Waals surface area contributed by atoms with Crippen molar-refractivity contribution in [2.24, 2.45) is 10.5 Å². The van der Waals surface area contributed by atoms with Gasteiger partial charge in [0.25, 0.3) is 0 Å². The first-order chi connectivity index (χ1) is 10.5. The molecule has 0 bridgehead atoms. The molecule has 10 heteroatoms. The Kier molecular flexibility index (Phi) is 6.63. The summed E-state index contributed by atoms with van der Waals surface area (Å²) >= 11 is 1.34. The number of thioether (sulfide) groups is 1. The highest BCUT2D eigenvalue weighted by molar-refractivity contribution is 8.00. The van der Waals surface area contributed by atoms with Gasteiger partial charge >= 0.3 is 0 Å². The summed E-state index contributed by atoms with van der Waals surface area (Å²) in [6.07, 6.45) is 2.57. The smallest absolute Gasteiger partial charge is 0.244 e. The molecule has 0 saturated carbocycles. The van der Waals surface area contributed by atoms with Crippen LogP contribution in [0.3, 0.4) is 0 Å². The Hall–Kier alpha value is -1.55. The highest BCUT2D eigenvalue weighted by atomic mass is 32.2. The minimum absolute atomic E-state index is 0.173. The number of sulfonamides is 1. The summed E-state index contributed by atoms with van der Waals surface area (Å²) in [6, 6.07) is 1.58. The third kappa shape index (κ3) is 7.04. The van der Waals surface area contributed by atoms with Crippen molar-refractivity contribution in [2.75, 3.05) is 20.5 Å². The van der Waals surface area contributed by atoms with Gasteiger partial charge < -0.3 is 9.47 Å². The van der Waals surface area contributed by atoms with E-state index in [0.29, 0.717) is 16.9 Å². The average Bonchev–Trinajstić information content (AvgIpc) is 2.43. The van der Waals surface area contributed by atoms with Gasteiger partial charge in [0.05, 0.1) is 31.8 Å². The second-order valence-electron chi connectivity index (χ2n) is 5.78. The first kappa shape index (κ1) is 19.5. The van der Waals surface area contributed by atoms with Crippen LogP contribution in [0.25, 0.3) is 0 Å². The zero-order valence-electron chi connectivity index (χ0n) is 14.0. The predicted octanol–water partition coefficient (Wildman–Crippen LogP) is 1.54. The highest BCUT2D eigenvalue weighted by Crippen LogP contribution is 2.34. The van der Waals surface area contributed by atoms with Gasteiger partial charge in [-0.1, -0.05) is 32.5 Å². The largest absolute Gasteiger partial charge is 0.481 e. The van der Waals surface area contributed by atoms with Gasteiger partial charge in [0, 0.05) is 6.21 Å². The van der Waals surface area contributed by atoms with Crippen molar-refractivity contribution < 1.29 is 17.9 Å². The lowest BCUT2D eigenvalue weighted by atomic mass is 9.92. The van der Waals surface area contributed by atoms with Gasteiger partial charge in [-0.05, 0) is 5.41 Å². The molecule has 0 aliphatic rings. The van der Waals surface area contributed by atoms with Gasteiger partial charge in [0.15, 0.2) is 5.16 Å². The first-order valence-corrected chi connectivity index (χ1v) is 9.46. The quantitative estimate of drug-likeness (QED) is 0.339. The van der Waals surface area contributed by atoms with Crippen LogP contribution in [0.15, 0.2) is 16.3 Å². The lowest BCUT2D eigenvalue weighted by Crippen LogP contribution is -2.27. The number of ether oxygens (including phenoxy) is 2. The van der Waals surface area contributed by atoms with Crippen LogP contribution in [-0.2, 0) is 10.0 Å². The Morgan fingerprint density at radius 2 is 1.78 bits per heavy atom. The minimum atomic E-state index is -3.39. The molecule has 1 rings (SSSR count). The highest BCUT2D eigenvalue weighted by Gasteiger charge is 2.26. The normalized spacial score (nSPS) is 13.8. The molecule has 23 heavy (non-hydrogen) atoms. The van der Waals surface area contributed by atoms with Crippen molar-refractivity contribution in [2.45, 2.75) is 31.2 Å². The van der Waals surface area contributed by atoms with Gasteiger partial charge in [-0.15, -0.1) is 0 Å². The number of hydrazone groups is 1. The van der Waals surface area contributed by atoms with Crippen molar-refractivity contribution in [3.8, 4) is 11.8 Å². The van der Waals surface area contributed by atoms with Gasteiger partial charge in [0.1, 0.15) is 0 Å². The van der Waals surface area contributed by atoms with Crippen molar-refractivity contribution in [1.82, 2.24) is 14.8 Å². The van der Waals surface area contributed by atoms with E-state index in [1.807, 2.05) is 20.8 Å². The van der Waals surface area contributed by atoms with Crippen LogP contribution in [0, 0.1) is 5.41 Å². The Labute approximate surface area is 141 Å². The third-order valence-electron chi connectivity index (χ3n) is 2.59. The number of nitrogens with zero attached hydrogens (tertiary/aromatic N) is 3. The van der Waals surface area contributed by atoms with Crippen molar-refractivity contribution >= 4 is 28.0 Å². The second-order valence-corrected chi connectivity index (χ2v) is 8.62. The summed E-state index contributed by atoms with van der Waals surface area (Å²) in [7, 11) is -0.370. The molecule has 1 N–H and O–H groups in total. The van der Waals surface area contributed by atoms with E-state index in [0.717, 1.165) is 6.26 Å². The molecule has 0 saturated heterocycles.